The number of benzene rings is 3. The first-order valence-electron chi connectivity index (χ1n) is 9.60. The standard InChI is InChI=1S/C22H19N3O5S/c1-2-15-10-11-20-19(12-15)18-8-3-4-9-21(18)31(29,30)24(20)14-22(26)23-16-6-5-7-17(13-16)25(27)28/h3-13H,2,14H2,1H3,(H,23,26). The van der Waals surface area contributed by atoms with Crippen LogP contribution >= 0.6 is 0 Å². The Morgan fingerprint density at radius 2 is 1.81 bits per heavy atom. The molecule has 0 fully saturated rings. The molecule has 1 N–H and O–H groups in total. The number of hydrogen-bond donors (Lipinski definition) is 1. The number of hydrogen-bond acceptors (Lipinski definition) is 5. The zero-order chi connectivity index (χ0) is 22.2. The molecule has 8 nitrogen and oxygen atoms in total. The quantitative estimate of drug-likeness (QED) is 0.480. The number of aryl methyl sites for hydroxylation is 1. The van der Waals surface area contributed by atoms with E-state index < -0.39 is 27.4 Å². The van der Waals surface area contributed by atoms with Crippen LogP contribution in [0.2, 0.25) is 0 Å². The molecule has 158 valence electrons. The van der Waals surface area contributed by atoms with Crippen molar-refractivity contribution in [2.24, 2.45) is 0 Å². The molecule has 0 spiro atoms. The molecule has 1 heterocycles. The Bertz CT molecular complexity index is 1300. The summed E-state index contributed by atoms with van der Waals surface area (Å²) in [6, 6.07) is 17.7. The number of carbonyl (C=O) groups excluding carboxylic acids is 1. The minimum atomic E-state index is -3.96. The fourth-order valence-corrected chi connectivity index (χ4v) is 5.25. The molecule has 1 amide bonds. The smallest absolute Gasteiger partial charge is 0.271 e. The van der Waals surface area contributed by atoms with Gasteiger partial charge in [0.1, 0.15) is 6.54 Å². The van der Waals surface area contributed by atoms with E-state index in [1.165, 1.54) is 30.3 Å². The van der Waals surface area contributed by atoms with Crippen LogP contribution in [0.4, 0.5) is 17.1 Å². The van der Waals surface area contributed by atoms with Crippen LogP contribution in [-0.4, -0.2) is 25.8 Å². The lowest BCUT2D eigenvalue weighted by Crippen LogP contribution is -2.40. The van der Waals surface area contributed by atoms with E-state index in [4.69, 9.17) is 0 Å². The molecule has 0 saturated carbocycles. The molecule has 0 bridgehead atoms. The molecule has 0 radical (unpaired) electrons. The van der Waals surface area contributed by atoms with Crippen molar-refractivity contribution >= 4 is 33.0 Å². The molecule has 9 heteroatoms. The van der Waals surface area contributed by atoms with Gasteiger partial charge in [-0.25, -0.2) is 8.42 Å². The van der Waals surface area contributed by atoms with Gasteiger partial charge < -0.3 is 5.32 Å². The fraction of sp³-hybridized carbons (Fsp3) is 0.136. The molecule has 3 aromatic carbocycles. The molecule has 1 aliphatic rings. The third-order valence-corrected chi connectivity index (χ3v) is 6.93. The lowest BCUT2D eigenvalue weighted by atomic mass is 9.99. The molecule has 0 saturated heterocycles. The molecular formula is C22H19N3O5S. The van der Waals surface area contributed by atoms with Crippen molar-refractivity contribution in [3.63, 3.8) is 0 Å². The molecule has 0 aromatic heterocycles. The first kappa shape index (κ1) is 20.5. The highest BCUT2D eigenvalue weighted by atomic mass is 32.2. The average molecular weight is 437 g/mol. The molecule has 31 heavy (non-hydrogen) atoms. The van der Waals surface area contributed by atoms with Crippen molar-refractivity contribution in [2.75, 3.05) is 16.2 Å². The van der Waals surface area contributed by atoms with Crippen molar-refractivity contribution in [3.8, 4) is 11.1 Å². The molecule has 3 aromatic rings. The second kappa shape index (κ2) is 7.84. The van der Waals surface area contributed by atoms with Crippen LogP contribution in [0.25, 0.3) is 11.1 Å². The number of carbonyl (C=O) groups is 1. The lowest BCUT2D eigenvalue weighted by molar-refractivity contribution is -0.384. The number of amides is 1. The third-order valence-electron chi connectivity index (χ3n) is 5.11. The van der Waals surface area contributed by atoms with Gasteiger partial charge in [-0.2, -0.15) is 0 Å². The summed E-state index contributed by atoms with van der Waals surface area (Å²) in [5.74, 6) is -0.603. The number of nitro benzene ring substituents is 1. The summed E-state index contributed by atoms with van der Waals surface area (Å²) in [7, 11) is -3.96. The highest BCUT2D eigenvalue weighted by Crippen LogP contribution is 2.43. The molecule has 4 rings (SSSR count). The number of sulfonamides is 1. The fourth-order valence-electron chi connectivity index (χ4n) is 3.60. The van der Waals surface area contributed by atoms with Crippen molar-refractivity contribution in [1.29, 1.82) is 0 Å². The lowest BCUT2D eigenvalue weighted by Gasteiger charge is -2.32. The van der Waals surface area contributed by atoms with E-state index >= 15 is 0 Å². The summed E-state index contributed by atoms with van der Waals surface area (Å²) in [5, 5.41) is 13.5. The van der Waals surface area contributed by atoms with Crippen molar-refractivity contribution in [2.45, 2.75) is 18.2 Å². The predicted octanol–water partition coefficient (Wildman–Crippen LogP) is 3.97. The Hall–Kier alpha value is -3.72. The van der Waals surface area contributed by atoms with Crippen LogP contribution in [0, 0.1) is 10.1 Å². The van der Waals surface area contributed by atoms with Crippen LogP contribution in [-0.2, 0) is 21.2 Å². The topological polar surface area (TPSA) is 110 Å². The third kappa shape index (κ3) is 3.75. The van der Waals surface area contributed by atoms with Gasteiger partial charge in [0.25, 0.3) is 15.7 Å². The Morgan fingerprint density at radius 3 is 2.55 bits per heavy atom. The first-order valence-corrected chi connectivity index (χ1v) is 11.0. The number of fused-ring (bicyclic) bond motifs is 3. The highest BCUT2D eigenvalue weighted by Gasteiger charge is 2.36. The van der Waals surface area contributed by atoms with E-state index in [-0.39, 0.29) is 16.3 Å². The van der Waals surface area contributed by atoms with Crippen LogP contribution in [0.15, 0.2) is 71.6 Å². The van der Waals surface area contributed by atoms with Gasteiger partial charge in [-0.05, 0) is 36.2 Å². The van der Waals surface area contributed by atoms with Crippen LogP contribution in [0.1, 0.15) is 12.5 Å². The monoisotopic (exact) mass is 437 g/mol. The van der Waals surface area contributed by atoms with Crippen LogP contribution < -0.4 is 9.62 Å². The second-order valence-corrected chi connectivity index (χ2v) is 8.90. The van der Waals surface area contributed by atoms with Gasteiger partial charge >= 0.3 is 0 Å². The SMILES string of the molecule is CCc1ccc2c(c1)-c1ccccc1S(=O)(=O)N2CC(=O)Nc1cccc([N+](=O)[O-])c1. The number of non-ortho nitro benzene ring substituents is 1. The maximum absolute atomic E-state index is 13.3. The van der Waals surface area contributed by atoms with Gasteiger partial charge in [0.05, 0.1) is 15.5 Å². The summed E-state index contributed by atoms with van der Waals surface area (Å²) in [6.45, 7) is 1.55. The summed E-state index contributed by atoms with van der Waals surface area (Å²) in [6.07, 6.45) is 0.787. The highest BCUT2D eigenvalue weighted by molar-refractivity contribution is 7.93. The van der Waals surface area contributed by atoms with Gasteiger partial charge in [0.15, 0.2) is 0 Å². The largest absolute Gasteiger partial charge is 0.324 e. The zero-order valence-corrected chi connectivity index (χ0v) is 17.4. The van der Waals surface area contributed by atoms with E-state index in [0.29, 0.717) is 11.3 Å². The molecular weight excluding hydrogens is 418 g/mol. The summed E-state index contributed by atoms with van der Waals surface area (Å²) < 4.78 is 27.7. The van der Waals surface area contributed by atoms with Crippen LogP contribution in [0.5, 0.6) is 0 Å². The number of rotatable bonds is 5. The van der Waals surface area contributed by atoms with Crippen molar-refractivity contribution in [1.82, 2.24) is 0 Å². The van der Waals surface area contributed by atoms with Crippen molar-refractivity contribution < 1.29 is 18.1 Å². The Labute approximate surface area is 179 Å². The maximum Gasteiger partial charge on any atom is 0.271 e. The van der Waals surface area contributed by atoms with E-state index in [2.05, 4.69) is 5.32 Å². The Morgan fingerprint density at radius 1 is 1.03 bits per heavy atom. The predicted molar refractivity (Wildman–Crippen MR) is 118 cm³/mol. The summed E-state index contributed by atoms with van der Waals surface area (Å²) in [4.78, 5) is 23.2. The van der Waals surface area contributed by atoms with Crippen LogP contribution in [0.3, 0.4) is 0 Å². The van der Waals surface area contributed by atoms with Gasteiger partial charge in [-0.1, -0.05) is 37.3 Å². The normalized spacial score (nSPS) is 13.8. The van der Waals surface area contributed by atoms with E-state index in [9.17, 15) is 23.3 Å². The first-order chi connectivity index (χ1) is 14.8. The molecule has 0 unspecified atom stereocenters. The van der Waals surface area contributed by atoms with E-state index in [1.807, 2.05) is 19.1 Å². The number of nitro groups is 1. The van der Waals surface area contributed by atoms with Crippen molar-refractivity contribution in [3.05, 3.63) is 82.4 Å². The molecule has 1 aliphatic heterocycles. The second-order valence-electron chi connectivity index (χ2n) is 7.07. The minimum absolute atomic E-state index is 0.138. The van der Waals surface area contributed by atoms with E-state index in [1.54, 1.807) is 24.3 Å². The minimum Gasteiger partial charge on any atom is -0.324 e. The summed E-state index contributed by atoms with van der Waals surface area (Å²) in [5.41, 5.74) is 2.86. The maximum atomic E-state index is 13.3. The summed E-state index contributed by atoms with van der Waals surface area (Å²) >= 11 is 0. The number of nitrogens with zero attached hydrogens (tertiary/aromatic N) is 2. The zero-order valence-electron chi connectivity index (χ0n) is 16.6. The van der Waals surface area contributed by atoms with E-state index in [0.717, 1.165) is 21.9 Å². The van der Waals surface area contributed by atoms with Gasteiger partial charge in [0, 0.05) is 28.9 Å². The van der Waals surface area contributed by atoms with Gasteiger partial charge in [-0.3, -0.25) is 19.2 Å². The van der Waals surface area contributed by atoms with Gasteiger partial charge in [-0.15, -0.1) is 0 Å². The Balaban J connectivity index is 1.71. The average Bonchev–Trinajstić information content (AvgIpc) is 2.76. The molecule has 0 atom stereocenters. The van der Waals surface area contributed by atoms with Gasteiger partial charge in [0.2, 0.25) is 5.91 Å². The molecule has 0 aliphatic carbocycles. The number of anilines is 2. The number of nitrogens with one attached hydrogen (secondary N) is 1. The Kier molecular flexibility index (Phi) is 5.20.